The fraction of sp³-hybridized carbons (Fsp3) is 0.333. The maximum atomic E-state index is 13.8. The van der Waals surface area contributed by atoms with Crippen LogP contribution in [-0.2, 0) is 22.6 Å². The first kappa shape index (κ1) is 20.6. The SMILES string of the molecule is COc1ccc(CN(C)CC(=O)N[C@H](Cc2ccccc2)C(C)=O)cc1F. The first-order valence-corrected chi connectivity index (χ1v) is 8.73. The second-order valence-corrected chi connectivity index (χ2v) is 6.56. The molecule has 0 saturated carbocycles. The molecule has 0 aliphatic heterocycles. The zero-order valence-corrected chi connectivity index (χ0v) is 15.9. The van der Waals surface area contributed by atoms with Crippen LogP contribution in [0.15, 0.2) is 48.5 Å². The minimum Gasteiger partial charge on any atom is -0.494 e. The Hall–Kier alpha value is -2.73. The molecule has 144 valence electrons. The van der Waals surface area contributed by atoms with E-state index in [0.717, 1.165) is 11.1 Å². The van der Waals surface area contributed by atoms with Gasteiger partial charge in [-0.1, -0.05) is 36.4 Å². The molecule has 0 aromatic heterocycles. The summed E-state index contributed by atoms with van der Waals surface area (Å²) in [7, 11) is 3.18. The van der Waals surface area contributed by atoms with Gasteiger partial charge in [-0.3, -0.25) is 14.5 Å². The van der Waals surface area contributed by atoms with Crippen LogP contribution >= 0.6 is 0 Å². The number of likely N-dealkylation sites (N-methyl/N-ethyl adjacent to an activating group) is 1. The average Bonchev–Trinajstić information content (AvgIpc) is 2.62. The molecule has 0 spiro atoms. The highest BCUT2D eigenvalue weighted by atomic mass is 19.1. The lowest BCUT2D eigenvalue weighted by atomic mass is 10.0. The molecule has 0 fully saturated rings. The Kier molecular flexibility index (Phi) is 7.49. The number of amides is 1. The molecular weight excluding hydrogens is 347 g/mol. The average molecular weight is 372 g/mol. The minimum atomic E-state index is -0.563. The summed E-state index contributed by atoms with van der Waals surface area (Å²) in [6, 6.07) is 13.7. The van der Waals surface area contributed by atoms with Gasteiger partial charge >= 0.3 is 0 Å². The van der Waals surface area contributed by atoms with Gasteiger partial charge in [0.25, 0.3) is 0 Å². The van der Waals surface area contributed by atoms with E-state index in [0.29, 0.717) is 13.0 Å². The largest absolute Gasteiger partial charge is 0.494 e. The van der Waals surface area contributed by atoms with E-state index < -0.39 is 11.9 Å². The van der Waals surface area contributed by atoms with Crippen LogP contribution in [0.1, 0.15) is 18.1 Å². The Morgan fingerprint density at radius 1 is 1.15 bits per heavy atom. The van der Waals surface area contributed by atoms with Crippen molar-refractivity contribution in [3.05, 3.63) is 65.5 Å². The van der Waals surface area contributed by atoms with E-state index in [2.05, 4.69) is 5.32 Å². The summed E-state index contributed by atoms with van der Waals surface area (Å²) in [6.45, 7) is 1.97. The molecule has 0 aliphatic rings. The third-order valence-corrected chi connectivity index (χ3v) is 4.19. The van der Waals surface area contributed by atoms with Gasteiger partial charge in [-0.05, 0) is 43.7 Å². The van der Waals surface area contributed by atoms with Crippen LogP contribution in [0.25, 0.3) is 0 Å². The first-order chi connectivity index (χ1) is 12.9. The maximum Gasteiger partial charge on any atom is 0.234 e. The third-order valence-electron chi connectivity index (χ3n) is 4.19. The highest BCUT2D eigenvalue weighted by Gasteiger charge is 2.18. The van der Waals surface area contributed by atoms with Crippen molar-refractivity contribution >= 4 is 11.7 Å². The molecule has 27 heavy (non-hydrogen) atoms. The summed E-state index contributed by atoms with van der Waals surface area (Å²) < 4.78 is 18.7. The number of benzene rings is 2. The quantitative estimate of drug-likeness (QED) is 0.735. The fourth-order valence-electron chi connectivity index (χ4n) is 2.81. The molecule has 5 nitrogen and oxygen atoms in total. The number of halogens is 1. The number of Topliss-reactive ketones (excluding diaryl/α,β-unsaturated/α-hetero) is 1. The second kappa shape index (κ2) is 9.83. The maximum absolute atomic E-state index is 13.8. The summed E-state index contributed by atoms with van der Waals surface area (Å²) in [4.78, 5) is 26.0. The van der Waals surface area contributed by atoms with Crippen molar-refractivity contribution in [2.75, 3.05) is 20.7 Å². The lowest BCUT2D eigenvalue weighted by molar-refractivity contribution is -0.127. The predicted molar refractivity (Wildman–Crippen MR) is 102 cm³/mol. The van der Waals surface area contributed by atoms with Gasteiger partial charge in [-0.15, -0.1) is 0 Å². The topological polar surface area (TPSA) is 58.6 Å². The molecule has 1 atom stereocenters. The van der Waals surface area contributed by atoms with Crippen molar-refractivity contribution < 1.29 is 18.7 Å². The molecule has 0 saturated heterocycles. The van der Waals surface area contributed by atoms with Gasteiger partial charge in [0, 0.05) is 6.54 Å². The van der Waals surface area contributed by atoms with Gasteiger partial charge in [0.05, 0.1) is 19.7 Å². The van der Waals surface area contributed by atoms with E-state index in [1.54, 1.807) is 24.1 Å². The standard InChI is InChI=1S/C21H25FN2O3/c1-15(25)19(12-16-7-5-4-6-8-16)23-21(26)14-24(2)13-17-9-10-20(27-3)18(22)11-17/h4-11,19H,12-14H2,1-3H3,(H,23,26)/t19-/m1/s1. The van der Waals surface area contributed by atoms with Crippen molar-refractivity contribution in [1.29, 1.82) is 0 Å². The van der Waals surface area contributed by atoms with Gasteiger partial charge in [-0.25, -0.2) is 4.39 Å². The predicted octanol–water partition coefficient (Wildman–Crippen LogP) is 2.58. The molecule has 0 bridgehead atoms. The van der Waals surface area contributed by atoms with Gasteiger partial charge in [0.2, 0.25) is 5.91 Å². The number of carbonyl (C=O) groups excluding carboxylic acids is 2. The first-order valence-electron chi connectivity index (χ1n) is 8.73. The molecule has 0 aliphatic carbocycles. The van der Waals surface area contributed by atoms with Crippen LogP contribution in [0.3, 0.4) is 0 Å². The zero-order chi connectivity index (χ0) is 19.8. The molecule has 1 amide bonds. The minimum absolute atomic E-state index is 0.0907. The van der Waals surface area contributed by atoms with E-state index in [9.17, 15) is 14.0 Å². The Bertz CT molecular complexity index is 780. The Balaban J connectivity index is 1.90. The van der Waals surface area contributed by atoms with Crippen LogP contribution in [-0.4, -0.2) is 43.3 Å². The van der Waals surface area contributed by atoms with Gasteiger partial charge in [0.15, 0.2) is 17.3 Å². The van der Waals surface area contributed by atoms with E-state index >= 15 is 0 Å². The number of ketones is 1. The Morgan fingerprint density at radius 3 is 2.44 bits per heavy atom. The summed E-state index contributed by atoms with van der Waals surface area (Å²) in [5.74, 6) is -0.591. The van der Waals surface area contributed by atoms with Crippen molar-refractivity contribution in [1.82, 2.24) is 10.2 Å². The monoisotopic (exact) mass is 372 g/mol. The zero-order valence-electron chi connectivity index (χ0n) is 15.9. The number of ether oxygens (including phenoxy) is 1. The summed E-state index contributed by atoms with van der Waals surface area (Å²) >= 11 is 0. The lowest BCUT2D eigenvalue weighted by Crippen LogP contribution is -2.45. The van der Waals surface area contributed by atoms with Crippen LogP contribution in [0.2, 0.25) is 0 Å². The number of rotatable bonds is 9. The number of nitrogens with one attached hydrogen (secondary N) is 1. The van der Waals surface area contributed by atoms with Gasteiger partial charge in [-0.2, -0.15) is 0 Å². The summed E-state index contributed by atoms with van der Waals surface area (Å²) in [6.07, 6.45) is 0.454. The molecule has 2 aromatic rings. The number of methoxy groups -OCH3 is 1. The van der Waals surface area contributed by atoms with E-state index in [4.69, 9.17) is 4.74 Å². The van der Waals surface area contributed by atoms with Crippen LogP contribution in [0, 0.1) is 5.82 Å². The second-order valence-electron chi connectivity index (χ2n) is 6.56. The number of nitrogens with zero attached hydrogens (tertiary/aromatic N) is 1. The van der Waals surface area contributed by atoms with E-state index in [1.807, 2.05) is 30.3 Å². The normalized spacial score (nSPS) is 11.9. The number of hydrogen-bond acceptors (Lipinski definition) is 4. The smallest absolute Gasteiger partial charge is 0.234 e. The van der Waals surface area contributed by atoms with E-state index in [1.165, 1.54) is 20.1 Å². The number of hydrogen-bond donors (Lipinski definition) is 1. The van der Waals surface area contributed by atoms with Gasteiger partial charge in [0.1, 0.15) is 0 Å². The van der Waals surface area contributed by atoms with Gasteiger partial charge < -0.3 is 10.1 Å². The van der Waals surface area contributed by atoms with Crippen molar-refractivity contribution in [3.63, 3.8) is 0 Å². The molecule has 2 rings (SSSR count). The molecule has 0 unspecified atom stereocenters. The van der Waals surface area contributed by atoms with Crippen molar-refractivity contribution in [2.24, 2.45) is 0 Å². The van der Waals surface area contributed by atoms with Crippen LogP contribution in [0.4, 0.5) is 4.39 Å². The lowest BCUT2D eigenvalue weighted by Gasteiger charge is -2.20. The highest BCUT2D eigenvalue weighted by molar-refractivity contribution is 5.88. The molecule has 0 radical (unpaired) electrons. The van der Waals surface area contributed by atoms with Crippen LogP contribution < -0.4 is 10.1 Å². The molecule has 2 aromatic carbocycles. The van der Waals surface area contributed by atoms with Crippen molar-refractivity contribution in [3.8, 4) is 5.75 Å². The summed E-state index contributed by atoms with van der Waals surface area (Å²) in [5, 5.41) is 2.79. The fourth-order valence-corrected chi connectivity index (χ4v) is 2.81. The van der Waals surface area contributed by atoms with Crippen molar-refractivity contribution in [2.45, 2.75) is 25.9 Å². The highest BCUT2D eigenvalue weighted by Crippen LogP contribution is 2.18. The molecular formula is C21H25FN2O3. The summed E-state index contributed by atoms with van der Waals surface area (Å²) in [5.41, 5.74) is 1.72. The molecule has 1 N–H and O–H groups in total. The van der Waals surface area contributed by atoms with E-state index in [-0.39, 0.29) is 24.0 Å². The Labute approximate surface area is 159 Å². The Morgan fingerprint density at radius 2 is 1.85 bits per heavy atom. The molecule has 6 heteroatoms. The van der Waals surface area contributed by atoms with Crippen LogP contribution in [0.5, 0.6) is 5.75 Å². The molecule has 0 heterocycles. The number of carbonyl (C=O) groups is 2. The third kappa shape index (κ3) is 6.49.